The maximum absolute atomic E-state index is 13.1. The lowest BCUT2D eigenvalue weighted by Gasteiger charge is -2.31. The molecule has 0 bridgehead atoms. The number of rotatable bonds is 9. The molecule has 0 heterocycles. The minimum absolute atomic E-state index is 0.123. The highest BCUT2D eigenvalue weighted by Gasteiger charge is 2.28. The van der Waals surface area contributed by atoms with Crippen LogP contribution in [0.4, 0.5) is 0 Å². The first-order valence-electron chi connectivity index (χ1n) is 11.1. The van der Waals surface area contributed by atoms with Crippen LogP contribution in [0, 0.1) is 0 Å². The van der Waals surface area contributed by atoms with E-state index in [-0.39, 0.29) is 24.5 Å². The first kappa shape index (κ1) is 24.1. The van der Waals surface area contributed by atoms with Crippen molar-refractivity contribution in [2.24, 2.45) is 0 Å². The van der Waals surface area contributed by atoms with Gasteiger partial charge in [-0.1, -0.05) is 47.3 Å². The van der Waals surface area contributed by atoms with Crippen molar-refractivity contribution in [3.8, 4) is 11.5 Å². The van der Waals surface area contributed by atoms with Crippen LogP contribution in [0.5, 0.6) is 11.5 Å². The maximum atomic E-state index is 13.1. The first-order valence-corrected chi connectivity index (χ1v) is 11.9. The van der Waals surface area contributed by atoms with Crippen LogP contribution in [0.3, 0.4) is 0 Å². The number of ether oxygens (including phenoxy) is 2. The molecule has 1 aliphatic rings. The summed E-state index contributed by atoms with van der Waals surface area (Å²) in [4.78, 5) is 27.7. The van der Waals surface area contributed by atoms with Crippen molar-refractivity contribution >= 4 is 27.7 Å². The van der Waals surface area contributed by atoms with E-state index in [1.807, 2.05) is 36.4 Å². The van der Waals surface area contributed by atoms with Crippen LogP contribution in [-0.4, -0.2) is 42.5 Å². The monoisotopic (exact) mass is 502 g/mol. The molecule has 1 N–H and O–H groups in total. The summed E-state index contributed by atoms with van der Waals surface area (Å²) in [5, 5.41) is 3.14. The summed E-state index contributed by atoms with van der Waals surface area (Å²) in [5.74, 6) is 0.982. The predicted octanol–water partition coefficient (Wildman–Crippen LogP) is 4.70. The number of carbonyl (C=O) groups is 2. The molecule has 32 heavy (non-hydrogen) atoms. The van der Waals surface area contributed by atoms with Crippen LogP contribution < -0.4 is 14.8 Å². The van der Waals surface area contributed by atoms with E-state index >= 15 is 0 Å². The lowest BCUT2D eigenvalue weighted by molar-refractivity contribution is -0.142. The van der Waals surface area contributed by atoms with Crippen molar-refractivity contribution in [2.75, 3.05) is 13.7 Å². The smallest absolute Gasteiger partial charge is 0.261 e. The largest absolute Gasteiger partial charge is 0.497 e. The second kappa shape index (κ2) is 11.9. The number of benzene rings is 2. The normalized spacial score (nSPS) is 15.0. The molecular formula is C25H31BrN2O4. The fourth-order valence-electron chi connectivity index (χ4n) is 3.84. The van der Waals surface area contributed by atoms with Crippen molar-refractivity contribution in [3.05, 3.63) is 58.6 Å². The number of halogens is 1. The van der Waals surface area contributed by atoms with Gasteiger partial charge in [-0.15, -0.1) is 0 Å². The van der Waals surface area contributed by atoms with Crippen LogP contribution in [0.2, 0.25) is 0 Å². The van der Waals surface area contributed by atoms with E-state index in [4.69, 9.17) is 9.47 Å². The lowest BCUT2D eigenvalue weighted by Crippen LogP contribution is -2.51. The number of hydrogen-bond donors (Lipinski definition) is 1. The third kappa shape index (κ3) is 6.99. The second-order valence-electron chi connectivity index (χ2n) is 8.13. The quantitative estimate of drug-likeness (QED) is 0.539. The van der Waals surface area contributed by atoms with Gasteiger partial charge in [-0.25, -0.2) is 0 Å². The van der Waals surface area contributed by atoms with Gasteiger partial charge in [0.05, 0.1) is 7.11 Å². The highest BCUT2D eigenvalue weighted by atomic mass is 79.9. The van der Waals surface area contributed by atoms with Gasteiger partial charge in [0.1, 0.15) is 17.5 Å². The maximum Gasteiger partial charge on any atom is 0.261 e. The molecule has 0 unspecified atom stereocenters. The number of hydrogen-bond acceptors (Lipinski definition) is 4. The lowest BCUT2D eigenvalue weighted by atomic mass is 9.95. The van der Waals surface area contributed by atoms with Gasteiger partial charge < -0.3 is 19.7 Å². The van der Waals surface area contributed by atoms with Gasteiger partial charge in [0.15, 0.2) is 6.61 Å². The Bertz CT molecular complexity index is 880. The van der Waals surface area contributed by atoms with E-state index in [1.54, 1.807) is 31.1 Å². The van der Waals surface area contributed by atoms with Crippen LogP contribution in [-0.2, 0) is 16.1 Å². The Morgan fingerprint density at radius 3 is 2.28 bits per heavy atom. The van der Waals surface area contributed by atoms with E-state index in [9.17, 15) is 9.59 Å². The van der Waals surface area contributed by atoms with Gasteiger partial charge in [0.25, 0.3) is 5.91 Å². The van der Waals surface area contributed by atoms with Crippen molar-refractivity contribution in [3.63, 3.8) is 0 Å². The van der Waals surface area contributed by atoms with Crippen molar-refractivity contribution < 1.29 is 19.1 Å². The van der Waals surface area contributed by atoms with Crippen LogP contribution in [0.1, 0.15) is 44.6 Å². The Morgan fingerprint density at radius 2 is 1.66 bits per heavy atom. The van der Waals surface area contributed by atoms with Crippen LogP contribution in [0.25, 0.3) is 0 Å². The third-order valence-corrected chi connectivity index (χ3v) is 6.34. The Hall–Kier alpha value is -2.54. The summed E-state index contributed by atoms with van der Waals surface area (Å²) in [6.07, 6.45) is 5.48. The zero-order valence-corrected chi connectivity index (χ0v) is 20.3. The fourth-order valence-corrected chi connectivity index (χ4v) is 4.10. The standard InChI is InChI=1S/C25H31BrN2O4/c1-18(25(30)27-21-6-4-3-5-7-21)28(16-19-8-12-22(31-2)13-9-19)24(29)17-32-23-14-10-20(26)11-15-23/h8-15,18,21H,3-7,16-17H2,1-2H3,(H,27,30)/t18-/m1/s1. The average Bonchev–Trinajstić information content (AvgIpc) is 2.82. The predicted molar refractivity (Wildman–Crippen MR) is 128 cm³/mol. The SMILES string of the molecule is COc1ccc(CN(C(=O)COc2ccc(Br)cc2)[C@H](C)C(=O)NC2CCCCC2)cc1. The topological polar surface area (TPSA) is 67.9 Å². The average molecular weight is 503 g/mol. The van der Waals surface area contributed by atoms with Gasteiger partial charge in [-0.05, 0) is 61.7 Å². The van der Waals surface area contributed by atoms with Crippen molar-refractivity contribution in [1.82, 2.24) is 10.2 Å². The summed E-state index contributed by atoms with van der Waals surface area (Å²) in [7, 11) is 1.61. The molecule has 6 nitrogen and oxygen atoms in total. The highest BCUT2D eigenvalue weighted by molar-refractivity contribution is 9.10. The Balaban J connectivity index is 1.69. The van der Waals surface area contributed by atoms with Gasteiger partial charge in [-0.3, -0.25) is 9.59 Å². The molecule has 0 radical (unpaired) electrons. The van der Waals surface area contributed by atoms with Gasteiger partial charge in [0.2, 0.25) is 5.91 Å². The fraction of sp³-hybridized carbons (Fsp3) is 0.440. The molecule has 0 aliphatic heterocycles. The number of nitrogens with one attached hydrogen (secondary N) is 1. The third-order valence-electron chi connectivity index (χ3n) is 5.81. The number of methoxy groups -OCH3 is 1. The molecule has 0 saturated heterocycles. The van der Waals surface area contributed by atoms with E-state index in [0.717, 1.165) is 41.5 Å². The van der Waals surface area contributed by atoms with Gasteiger partial charge >= 0.3 is 0 Å². The molecule has 2 aromatic carbocycles. The molecule has 0 spiro atoms. The molecule has 2 amide bonds. The van der Waals surface area contributed by atoms with Crippen LogP contribution >= 0.6 is 15.9 Å². The molecule has 1 fully saturated rings. The molecule has 1 atom stereocenters. The summed E-state index contributed by atoms with van der Waals surface area (Å²) in [5.41, 5.74) is 0.917. The molecule has 1 aliphatic carbocycles. The summed E-state index contributed by atoms with van der Waals surface area (Å²) < 4.78 is 11.8. The molecule has 172 valence electrons. The zero-order valence-electron chi connectivity index (χ0n) is 18.7. The minimum atomic E-state index is -0.611. The van der Waals surface area contributed by atoms with Crippen molar-refractivity contribution in [1.29, 1.82) is 0 Å². The minimum Gasteiger partial charge on any atom is -0.497 e. The van der Waals surface area contributed by atoms with E-state index in [0.29, 0.717) is 12.3 Å². The molecule has 3 rings (SSSR count). The van der Waals surface area contributed by atoms with Crippen LogP contribution in [0.15, 0.2) is 53.0 Å². The first-order chi connectivity index (χ1) is 15.5. The molecule has 1 saturated carbocycles. The number of nitrogens with zero attached hydrogens (tertiary/aromatic N) is 1. The zero-order chi connectivity index (χ0) is 22.9. The van der Waals surface area contributed by atoms with Gasteiger partial charge in [-0.2, -0.15) is 0 Å². The number of carbonyl (C=O) groups excluding carboxylic acids is 2. The summed E-state index contributed by atoms with van der Waals surface area (Å²) in [6, 6.07) is 14.4. The Morgan fingerprint density at radius 1 is 1.03 bits per heavy atom. The Labute approximate surface area is 198 Å². The van der Waals surface area contributed by atoms with E-state index in [1.165, 1.54) is 6.42 Å². The summed E-state index contributed by atoms with van der Waals surface area (Å²) in [6.45, 7) is 1.95. The van der Waals surface area contributed by atoms with Crippen molar-refractivity contribution in [2.45, 2.75) is 57.7 Å². The highest BCUT2D eigenvalue weighted by Crippen LogP contribution is 2.20. The molecular weight excluding hydrogens is 472 g/mol. The Kier molecular flexibility index (Phi) is 8.97. The number of amides is 2. The van der Waals surface area contributed by atoms with Gasteiger partial charge in [0, 0.05) is 17.1 Å². The molecule has 0 aromatic heterocycles. The van der Waals surface area contributed by atoms with E-state index in [2.05, 4.69) is 21.2 Å². The molecule has 2 aromatic rings. The molecule has 7 heteroatoms. The summed E-state index contributed by atoms with van der Waals surface area (Å²) >= 11 is 3.39. The van der Waals surface area contributed by atoms with E-state index < -0.39 is 6.04 Å². The second-order valence-corrected chi connectivity index (χ2v) is 9.05.